The molecule has 0 atom stereocenters. The molecule has 0 saturated carbocycles. The Morgan fingerprint density at radius 2 is 0.964 bits per heavy atom. The van der Waals surface area contributed by atoms with Crippen molar-refractivity contribution in [3.05, 3.63) is 69.7 Å². The number of carbonyl (C=O) groups excluding carboxylic acids is 2. The molecular weight excluding hydrogens is 395 g/mol. The van der Waals surface area contributed by atoms with Crippen LogP contribution in [0.3, 0.4) is 0 Å². The normalized spacial score (nSPS) is 10.5. The Morgan fingerprint density at radius 3 is 1.36 bits per heavy atom. The van der Waals surface area contributed by atoms with Gasteiger partial charge in [0.1, 0.15) is 0 Å². The summed E-state index contributed by atoms with van der Waals surface area (Å²) in [6.45, 7) is 1.30. The highest BCUT2D eigenvalue weighted by Crippen LogP contribution is 2.15. The number of amides is 2. The third kappa shape index (κ3) is 7.53. The van der Waals surface area contributed by atoms with Gasteiger partial charge < -0.3 is 10.6 Å². The Labute approximate surface area is 176 Å². The summed E-state index contributed by atoms with van der Waals surface area (Å²) in [7, 11) is 0. The van der Waals surface area contributed by atoms with Crippen molar-refractivity contribution >= 4 is 35.0 Å². The first-order chi connectivity index (χ1) is 13.6. The molecule has 6 heteroatoms. The van der Waals surface area contributed by atoms with E-state index in [0.29, 0.717) is 34.3 Å². The number of hydrogen-bond acceptors (Lipinski definition) is 2. The van der Waals surface area contributed by atoms with E-state index in [-0.39, 0.29) is 11.8 Å². The van der Waals surface area contributed by atoms with Gasteiger partial charge in [-0.1, -0.05) is 73.2 Å². The van der Waals surface area contributed by atoms with Crippen LogP contribution in [0.5, 0.6) is 0 Å². The summed E-state index contributed by atoms with van der Waals surface area (Å²) in [6, 6.07) is 14.1. The molecule has 0 radical (unpaired) electrons. The Hall–Kier alpha value is -2.04. The minimum atomic E-state index is -0.125. The summed E-state index contributed by atoms with van der Waals surface area (Å²) in [4.78, 5) is 24.0. The third-order valence-electron chi connectivity index (χ3n) is 4.41. The molecule has 2 rings (SSSR count). The summed E-state index contributed by atoms with van der Waals surface area (Å²) < 4.78 is 0. The Kier molecular flexibility index (Phi) is 9.87. The first-order valence-electron chi connectivity index (χ1n) is 9.65. The van der Waals surface area contributed by atoms with Gasteiger partial charge in [0, 0.05) is 13.1 Å². The summed E-state index contributed by atoms with van der Waals surface area (Å²) in [5.74, 6) is -0.250. The van der Waals surface area contributed by atoms with Crippen molar-refractivity contribution in [1.82, 2.24) is 10.6 Å². The minimum Gasteiger partial charge on any atom is -0.352 e. The van der Waals surface area contributed by atoms with Gasteiger partial charge >= 0.3 is 0 Å². The van der Waals surface area contributed by atoms with E-state index in [1.807, 2.05) is 0 Å². The molecule has 150 valence electrons. The van der Waals surface area contributed by atoms with E-state index in [1.54, 1.807) is 48.5 Å². The highest BCUT2D eigenvalue weighted by atomic mass is 35.5. The molecule has 0 bridgehead atoms. The molecule has 2 N–H and O–H groups in total. The molecule has 0 aliphatic rings. The average Bonchev–Trinajstić information content (AvgIpc) is 2.69. The standard InChI is InChI=1S/C22H26Cl2N2O2/c23-19-13-7-5-11-17(19)21(27)25-15-9-3-1-2-4-10-16-26-22(28)18-12-6-8-14-20(18)24/h5-8,11-14H,1-4,9-10,15-16H2,(H,25,27)(H,26,28). The second-order valence-electron chi connectivity index (χ2n) is 6.59. The second-order valence-corrected chi connectivity index (χ2v) is 7.41. The third-order valence-corrected chi connectivity index (χ3v) is 5.07. The van der Waals surface area contributed by atoms with Crippen molar-refractivity contribution in [2.24, 2.45) is 0 Å². The molecule has 0 aliphatic heterocycles. The van der Waals surface area contributed by atoms with E-state index in [9.17, 15) is 9.59 Å². The summed E-state index contributed by atoms with van der Waals surface area (Å²) in [5.41, 5.74) is 1.03. The fraction of sp³-hybridized carbons (Fsp3) is 0.364. The maximum Gasteiger partial charge on any atom is 0.252 e. The number of hydrogen-bond donors (Lipinski definition) is 2. The van der Waals surface area contributed by atoms with E-state index in [2.05, 4.69) is 10.6 Å². The predicted octanol–water partition coefficient (Wildman–Crippen LogP) is 5.49. The quantitative estimate of drug-likeness (QED) is 0.471. The maximum absolute atomic E-state index is 12.0. The predicted molar refractivity (Wildman–Crippen MR) is 115 cm³/mol. The molecule has 4 nitrogen and oxygen atoms in total. The molecule has 0 fully saturated rings. The van der Waals surface area contributed by atoms with E-state index in [1.165, 1.54) is 0 Å². The van der Waals surface area contributed by atoms with Crippen LogP contribution in [0, 0.1) is 0 Å². The Balaban J connectivity index is 1.47. The SMILES string of the molecule is O=C(NCCCCCCCCNC(=O)c1ccccc1Cl)c1ccccc1Cl. The molecule has 28 heavy (non-hydrogen) atoms. The van der Waals surface area contributed by atoms with Crippen LogP contribution in [0.15, 0.2) is 48.5 Å². The van der Waals surface area contributed by atoms with Crippen LogP contribution in [0.25, 0.3) is 0 Å². The summed E-state index contributed by atoms with van der Waals surface area (Å²) >= 11 is 12.0. The lowest BCUT2D eigenvalue weighted by Crippen LogP contribution is -2.24. The highest BCUT2D eigenvalue weighted by molar-refractivity contribution is 6.34. The first kappa shape index (κ1) is 22.3. The van der Waals surface area contributed by atoms with Gasteiger partial charge in [-0.15, -0.1) is 0 Å². The van der Waals surface area contributed by atoms with Gasteiger partial charge in [0.25, 0.3) is 11.8 Å². The number of carbonyl (C=O) groups is 2. The van der Waals surface area contributed by atoms with E-state index in [0.717, 1.165) is 38.5 Å². The molecule has 0 saturated heterocycles. The number of unbranched alkanes of at least 4 members (excludes halogenated alkanes) is 5. The van der Waals surface area contributed by atoms with Crippen molar-refractivity contribution in [1.29, 1.82) is 0 Å². The Morgan fingerprint density at radius 1 is 0.607 bits per heavy atom. The fourth-order valence-electron chi connectivity index (χ4n) is 2.84. The maximum atomic E-state index is 12.0. The van der Waals surface area contributed by atoms with Crippen LogP contribution in [0.2, 0.25) is 10.0 Å². The highest BCUT2D eigenvalue weighted by Gasteiger charge is 2.09. The minimum absolute atomic E-state index is 0.125. The molecular formula is C22H26Cl2N2O2. The van der Waals surface area contributed by atoms with Crippen LogP contribution >= 0.6 is 23.2 Å². The largest absolute Gasteiger partial charge is 0.352 e. The molecule has 0 aromatic heterocycles. The second kappa shape index (κ2) is 12.4. The van der Waals surface area contributed by atoms with Crippen LogP contribution < -0.4 is 10.6 Å². The smallest absolute Gasteiger partial charge is 0.252 e. The van der Waals surface area contributed by atoms with Crippen molar-refractivity contribution in [2.45, 2.75) is 38.5 Å². The number of rotatable bonds is 11. The zero-order chi connectivity index (χ0) is 20.2. The lowest BCUT2D eigenvalue weighted by molar-refractivity contribution is 0.0944. The average molecular weight is 421 g/mol. The van der Waals surface area contributed by atoms with Gasteiger partial charge in [0.15, 0.2) is 0 Å². The van der Waals surface area contributed by atoms with Gasteiger partial charge in [0.2, 0.25) is 0 Å². The number of benzene rings is 2. The lowest BCUT2D eigenvalue weighted by atomic mass is 10.1. The lowest BCUT2D eigenvalue weighted by Gasteiger charge is -2.07. The summed E-state index contributed by atoms with van der Waals surface area (Å²) in [5, 5.41) is 6.75. The molecule has 0 aliphatic carbocycles. The first-order valence-corrected chi connectivity index (χ1v) is 10.4. The van der Waals surface area contributed by atoms with Crippen molar-refractivity contribution < 1.29 is 9.59 Å². The van der Waals surface area contributed by atoms with Gasteiger partial charge in [-0.3, -0.25) is 9.59 Å². The molecule has 0 unspecified atom stereocenters. The van der Waals surface area contributed by atoms with Gasteiger partial charge in [-0.2, -0.15) is 0 Å². The summed E-state index contributed by atoms with van der Waals surface area (Å²) in [6.07, 6.45) is 6.24. The van der Waals surface area contributed by atoms with E-state index < -0.39 is 0 Å². The van der Waals surface area contributed by atoms with Crippen molar-refractivity contribution in [2.75, 3.05) is 13.1 Å². The van der Waals surface area contributed by atoms with Gasteiger partial charge in [0.05, 0.1) is 21.2 Å². The molecule has 2 amide bonds. The van der Waals surface area contributed by atoms with Gasteiger partial charge in [-0.25, -0.2) is 0 Å². The topological polar surface area (TPSA) is 58.2 Å². The molecule has 2 aromatic carbocycles. The van der Waals surface area contributed by atoms with Gasteiger partial charge in [-0.05, 0) is 37.1 Å². The number of nitrogens with one attached hydrogen (secondary N) is 2. The van der Waals surface area contributed by atoms with Crippen LogP contribution in [0.4, 0.5) is 0 Å². The van der Waals surface area contributed by atoms with E-state index >= 15 is 0 Å². The fourth-order valence-corrected chi connectivity index (χ4v) is 3.29. The van der Waals surface area contributed by atoms with Crippen molar-refractivity contribution in [3.63, 3.8) is 0 Å². The van der Waals surface area contributed by atoms with Crippen LogP contribution in [-0.4, -0.2) is 24.9 Å². The van der Waals surface area contributed by atoms with Crippen molar-refractivity contribution in [3.8, 4) is 0 Å². The van der Waals surface area contributed by atoms with E-state index in [4.69, 9.17) is 23.2 Å². The molecule has 0 spiro atoms. The van der Waals surface area contributed by atoms with Crippen LogP contribution in [0.1, 0.15) is 59.2 Å². The zero-order valence-electron chi connectivity index (χ0n) is 15.8. The monoisotopic (exact) mass is 420 g/mol. The molecule has 2 aromatic rings. The van der Waals surface area contributed by atoms with Crippen LogP contribution in [-0.2, 0) is 0 Å². The molecule has 0 heterocycles. The Bertz CT molecular complexity index is 715. The number of halogens is 2. The zero-order valence-corrected chi connectivity index (χ0v) is 17.4.